The predicted octanol–water partition coefficient (Wildman–Crippen LogP) is 4.68. The SMILES string of the molecule is Cc1[nH]n2c(=O)cc(-c3c(-c4cccnc4)noc3C)nc2c1-c1ccc(Cl)cc1. The summed E-state index contributed by atoms with van der Waals surface area (Å²) in [4.78, 5) is 21.9. The third-order valence-electron chi connectivity index (χ3n) is 4.98. The van der Waals surface area contributed by atoms with Crippen LogP contribution in [0.4, 0.5) is 0 Å². The van der Waals surface area contributed by atoms with Gasteiger partial charge in [0.1, 0.15) is 11.5 Å². The zero-order valence-corrected chi connectivity index (χ0v) is 16.9. The van der Waals surface area contributed by atoms with Gasteiger partial charge in [0.05, 0.1) is 11.3 Å². The molecule has 1 aromatic carbocycles. The number of benzene rings is 1. The Bertz CT molecular complexity index is 1430. The lowest BCUT2D eigenvalue weighted by Crippen LogP contribution is -2.14. The summed E-state index contributed by atoms with van der Waals surface area (Å²) in [6.07, 6.45) is 3.39. The Morgan fingerprint density at radius 3 is 2.60 bits per heavy atom. The van der Waals surface area contributed by atoms with Crippen LogP contribution in [0, 0.1) is 13.8 Å². The third-order valence-corrected chi connectivity index (χ3v) is 5.24. The van der Waals surface area contributed by atoms with Crippen LogP contribution in [0.3, 0.4) is 0 Å². The van der Waals surface area contributed by atoms with E-state index in [2.05, 4.69) is 15.2 Å². The van der Waals surface area contributed by atoms with Crippen LogP contribution in [0.5, 0.6) is 0 Å². The molecule has 0 bridgehead atoms. The monoisotopic (exact) mass is 417 g/mol. The first-order valence-electron chi connectivity index (χ1n) is 9.28. The minimum absolute atomic E-state index is 0.226. The topological polar surface area (TPSA) is 89.1 Å². The number of aryl methyl sites for hydroxylation is 2. The number of halogens is 1. The fraction of sp³-hybridized carbons (Fsp3) is 0.0909. The van der Waals surface area contributed by atoms with Gasteiger partial charge in [-0.3, -0.25) is 14.9 Å². The molecule has 30 heavy (non-hydrogen) atoms. The maximum absolute atomic E-state index is 12.9. The molecule has 5 aromatic rings. The van der Waals surface area contributed by atoms with E-state index >= 15 is 0 Å². The molecule has 4 aromatic heterocycles. The summed E-state index contributed by atoms with van der Waals surface area (Å²) in [6, 6.07) is 12.6. The summed E-state index contributed by atoms with van der Waals surface area (Å²) >= 11 is 6.04. The van der Waals surface area contributed by atoms with E-state index < -0.39 is 0 Å². The number of H-pyrrole nitrogens is 1. The van der Waals surface area contributed by atoms with E-state index in [9.17, 15) is 4.79 Å². The van der Waals surface area contributed by atoms with Crippen molar-refractivity contribution < 1.29 is 4.52 Å². The molecule has 0 fully saturated rings. The van der Waals surface area contributed by atoms with E-state index in [1.807, 2.05) is 43.3 Å². The quantitative estimate of drug-likeness (QED) is 0.460. The van der Waals surface area contributed by atoms with Gasteiger partial charge in [0.25, 0.3) is 5.56 Å². The molecule has 0 amide bonds. The molecule has 0 saturated carbocycles. The number of rotatable bonds is 3. The van der Waals surface area contributed by atoms with Gasteiger partial charge < -0.3 is 4.52 Å². The minimum Gasteiger partial charge on any atom is -0.360 e. The summed E-state index contributed by atoms with van der Waals surface area (Å²) in [6.45, 7) is 3.71. The summed E-state index contributed by atoms with van der Waals surface area (Å²) in [5.41, 5.74) is 5.42. The number of aromatic nitrogens is 5. The van der Waals surface area contributed by atoms with Crippen molar-refractivity contribution in [3.8, 4) is 33.6 Å². The first-order valence-corrected chi connectivity index (χ1v) is 9.66. The number of hydrogen-bond donors (Lipinski definition) is 1. The van der Waals surface area contributed by atoms with E-state index in [-0.39, 0.29) is 5.56 Å². The van der Waals surface area contributed by atoms with Crippen molar-refractivity contribution >= 4 is 17.2 Å². The van der Waals surface area contributed by atoms with Crippen molar-refractivity contribution in [3.05, 3.63) is 81.7 Å². The molecule has 5 rings (SSSR count). The zero-order valence-electron chi connectivity index (χ0n) is 16.2. The maximum Gasteiger partial charge on any atom is 0.273 e. The average molecular weight is 418 g/mol. The van der Waals surface area contributed by atoms with Crippen LogP contribution in [0.1, 0.15) is 11.5 Å². The number of hydrogen-bond acceptors (Lipinski definition) is 5. The van der Waals surface area contributed by atoms with Crippen LogP contribution in [0.15, 0.2) is 64.2 Å². The summed E-state index contributed by atoms with van der Waals surface area (Å²) < 4.78 is 6.88. The highest BCUT2D eigenvalue weighted by atomic mass is 35.5. The van der Waals surface area contributed by atoms with Gasteiger partial charge in [-0.2, -0.15) is 0 Å². The van der Waals surface area contributed by atoms with Crippen molar-refractivity contribution in [2.24, 2.45) is 0 Å². The molecule has 0 spiro atoms. The molecule has 8 heteroatoms. The number of nitrogens with one attached hydrogen (secondary N) is 1. The number of pyridine rings is 1. The second-order valence-corrected chi connectivity index (χ2v) is 7.40. The Morgan fingerprint density at radius 1 is 1.07 bits per heavy atom. The first-order chi connectivity index (χ1) is 14.5. The summed E-state index contributed by atoms with van der Waals surface area (Å²) in [5, 5.41) is 7.92. The second-order valence-electron chi connectivity index (χ2n) is 6.96. The smallest absolute Gasteiger partial charge is 0.273 e. The molecular weight excluding hydrogens is 402 g/mol. The van der Waals surface area contributed by atoms with Crippen molar-refractivity contribution in [3.63, 3.8) is 0 Å². The Hall–Kier alpha value is -3.71. The molecule has 0 aliphatic carbocycles. The van der Waals surface area contributed by atoms with Gasteiger partial charge in [-0.1, -0.05) is 28.9 Å². The molecule has 0 unspecified atom stereocenters. The zero-order chi connectivity index (χ0) is 20.8. The highest BCUT2D eigenvalue weighted by molar-refractivity contribution is 6.30. The van der Waals surface area contributed by atoms with Gasteiger partial charge in [-0.05, 0) is 43.7 Å². The highest BCUT2D eigenvalue weighted by Gasteiger charge is 2.21. The molecule has 0 atom stereocenters. The predicted molar refractivity (Wildman–Crippen MR) is 114 cm³/mol. The van der Waals surface area contributed by atoms with E-state index in [0.29, 0.717) is 33.4 Å². The lowest BCUT2D eigenvalue weighted by molar-refractivity contribution is 0.400. The largest absolute Gasteiger partial charge is 0.360 e. The fourth-order valence-electron chi connectivity index (χ4n) is 3.61. The van der Waals surface area contributed by atoms with E-state index in [0.717, 1.165) is 22.4 Å². The molecule has 0 aliphatic heterocycles. The fourth-order valence-corrected chi connectivity index (χ4v) is 3.74. The Balaban J connectivity index is 1.77. The standard InChI is InChI=1S/C22H16ClN5O2/c1-12-19(14-5-7-16(23)8-6-14)22-25-17(10-18(29)28(22)26-12)20-13(2)30-27-21(20)15-4-3-9-24-11-15/h3-11,26H,1-2H3. The molecular formula is C22H16ClN5O2. The van der Waals surface area contributed by atoms with Crippen LogP contribution in [0.25, 0.3) is 39.3 Å². The van der Waals surface area contributed by atoms with Crippen molar-refractivity contribution in [1.29, 1.82) is 0 Å². The molecule has 148 valence electrons. The van der Waals surface area contributed by atoms with Gasteiger partial charge >= 0.3 is 0 Å². The van der Waals surface area contributed by atoms with Crippen LogP contribution in [-0.2, 0) is 0 Å². The molecule has 0 aliphatic rings. The van der Waals surface area contributed by atoms with Crippen LogP contribution in [0.2, 0.25) is 5.02 Å². The maximum atomic E-state index is 12.9. The van der Waals surface area contributed by atoms with Crippen molar-refractivity contribution in [2.45, 2.75) is 13.8 Å². The second kappa shape index (κ2) is 6.96. The summed E-state index contributed by atoms with van der Waals surface area (Å²) in [7, 11) is 0. The minimum atomic E-state index is -0.226. The lowest BCUT2D eigenvalue weighted by atomic mass is 10.0. The van der Waals surface area contributed by atoms with Gasteiger partial charge in [0, 0.05) is 40.3 Å². The van der Waals surface area contributed by atoms with Gasteiger partial charge in [0.15, 0.2) is 5.65 Å². The Morgan fingerprint density at radius 2 is 1.87 bits per heavy atom. The number of aromatic amines is 1. The van der Waals surface area contributed by atoms with Crippen LogP contribution in [-0.4, -0.2) is 24.7 Å². The van der Waals surface area contributed by atoms with E-state index in [1.165, 1.54) is 10.6 Å². The average Bonchev–Trinajstić information content (AvgIpc) is 3.29. The van der Waals surface area contributed by atoms with Gasteiger partial charge in [0.2, 0.25) is 0 Å². The number of nitrogens with zero attached hydrogens (tertiary/aromatic N) is 4. The van der Waals surface area contributed by atoms with E-state index in [1.54, 1.807) is 19.3 Å². The van der Waals surface area contributed by atoms with Crippen molar-refractivity contribution in [2.75, 3.05) is 0 Å². The molecule has 4 heterocycles. The molecule has 7 nitrogen and oxygen atoms in total. The number of fused-ring (bicyclic) bond motifs is 1. The van der Waals surface area contributed by atoms with Crippen LogP contribution < -0.4 is 5.56 Å². The molecule has 0 radical (unpaired) electrons. The Kier molecular flexibility index (Phi) is 4.25. The third kappa shape index (κ3) is 2.91. The van der Waals surface area contributed by atoms with Crippen molar-refractivity contribution in [1.82, 2.24) is 24.7 Å². The Labute approximate surface area is 176 Å². The van der Waals surface area contributed by atoms with E-state index in [4.69, 9.17) is 21.1 Å². The van der Waals surface area contributed by atoms with Gasteiger partial charge in [-0.15, -0.1) is 0 Å². The van der Waals surface area contributed by atoms with Gasteiger partial charge in [-0.25, -0.2) is 9.50 Å². The molecule has 0 saturated heterocycles. The normalized spacial score (nSPS) is 11.3. The van der Waals surface area contributed by atoms with Crippen LogP contribution >= 0.6 is 11.6 Å². The highest BCUT2D eigenvalue weighted by Crippen LogP contribution is 2.34. The summed E-state index contributed by atoms with van der Waals surface area (Å²) in [5.74, 6) is 0.574. The first kappa shape index (κ1) is 18.3. The lowest BCUT2D eigenvalue weighted by Gasteiger charge is -2.05. The molecule has 1 N–H and O–H groups in total.